The van der Waals surface area contributed by atoms with E-state index in [1.54, 1.807) is 12.1 Å². The minimum absolute atomic E-state index is 0.0593. The van der Waals surface area contributed by atoms with E-state index in [4.69, 9.17) is 33.7 Å². The van der Waals surface area contributed by atoms with Crippen molar-refractivity contribution >= 4 is 44.8 Å². The van der Waals surface area contributed by atoms with Crippen LogP contribution in [0, 0.1) is 10.1 Å². The third kappa shape index (κ3) is 3.65. The second kappa shape index (κ2) is 6.62. The second-order valence-corrected chi connectivity index (χ2v) is 5.74. The summed E-state index contributed by atoms with van der Waals surface area (Å²) in [6.07, 6.45) is 0. The Kier molecular flexibility index (Phi) is 5.05. The Balaban J connectivity index is 2.38. The Bertz CT molecular complexity index is 687. The molecule has 0 bridgehead atoms. The van der Waals surface area contributed by atoms with Crippen LogP contribution in [0.3, 0.4) is 0 Å². The molecule has 0 aliphatic heterocycles. The van der Waals surface area contributed by atoms with Gasteiger partial charge in [0.2, 0.25) is 0 Å². The van der Waals surface area contributed by atoms with Crippen LogP contribution in [0.4, 0.5) is 5.69 Å². The number of nitrogens with two attached hydrogens (primary N) is 1. The van der Waals surface area contributed by atoms with Crippen LogP contribution in [0.5, 0.6) is 11.5 Å². The summed E-state index contributed by atoms with van der Waals surface area (Å²) in [4.78, 5) is 10.2. The molecule has 2 aromatic rings. The van der Waals surface area contributed by atoms with Crippen molar-refractivity contribution in [2.45, 2.75) is 6.54 Å². The normalized spacial score (nSPS) is 10.5. The first-order chi connectivity index (χ1) is 9.92. The SMILES string of the molecule is NCc1ccc(Oc2c(Cl)cc([N+](=O)[O-])cc2Cl)c(Br)c1. The molecule has 0 atom stereocenters. The quantitative estimate of drug-likeness (QED) is 0.592. The molecule has 0 saturated carbocycles. The van der Waals surface area contributed by atoms with E-state index in [1.807, 2.05) is 6.07 Å². The van der Waals surface area contributed by atoms with Gasteiger partial charge in [-0.3, -0.25) is 10.1 Å². The van der Waals surface area contributed by atoms with E-state index in [9.17, 15) is 10.1 Å². The van der Waals surface area contributed by atoms with Crippen molar-refractivity contribution in [2.75, 3.05) is 0 Å². The third-order valence-corrected chi connectivity index (χ3v) is 3.82. The molecular formula is C13H9BrCl2N2O3. The van der Waals surface area contributed by atoms with Crippen molar-refractivity contribution in [2.24, 2.45) is 5.73 Å². The van der Waals surface area contributed by atoms with Crippen molar-refractivity contribution in [3.63, 3.8) is 0 Å². The van der Waals surface area contributed by atoms with Gasteiger partial charge in [-0.25, -0.2) is 0 Å². The zero-order valence-electron chi connectivity index (χ0n) is 10.5. The fourth-order valence-corrected chi connectivity index (χ4v) is 2.67. The number of ether oxygens (including phenoxy) is 1. The summed E-state index contributed by atoms with van der Waals surface area (Å²) in [6, 6.07) is 7.69. The summed E-state index contributed by atoms with van der Waals surface area (Å²) in [6.45, 7) is 0.401. The van der Waals surface area contributed by atoms with Crippen LogP contribution < -0.4 is 10.5 Å². The van der Waals surface area contributed by atoms with Gasteiger partial charge in [0.05, 0.1) is 19.4 Å². The molecule has 0 aliphatic carbocycles. The molecule has 2 N–H and O–H groups in total. The van der Waals surface area contributed by atoms with Crippen LogP contribution in [-0.2, 0) is 6.54 Å². The Morgan fingerprint density at radius 3 is 2.33 bits per heavy atom. The second-order valence-electron chi connectivity index (χ2n) is 4.07. The first kappa shape index (κ1) is 16.0. The molecule has 0 spiro atoms. The molecule has 5 nitrogen and oxygen atoms in total. The minimum atomic E-state index is -0.576. The van der Waals surface area contributed by atoms with Gasteiger partial charge in [-0.2, -0.15) is 0 Å². The van der Waals surface area contributed by atoms with Gasteiger partial charge >= 0.3 is 0 Å². The lowest BCUT2D eigenvalue weighted by Gasteiger charge is -2.11. The van der Waals surface area contributed by atoms with Crippen LogP contribution >= 0.6 is 39.1 Å². The van der Waals surface area contributed by atoms with Crippen LogP contribution in [0.2, 0.25) is 10.0 Å². The Morgan fingerprint density at radius 1 is 1.24 bits per heavy atom. The van der Waals surface area contributed by atoms with Gasteiger partial charge in [-0.05, 0) is 33.6 Å². The molecule has 2 aromatic carbocycles. The van der Waals surface area contributed by atoms with Crippen molar-refractivity contribution in [3.8, 4) is 11.5 Å². The molecule has 0 aliphatic rings. The number of hydrogen-bond acceptors (Lipinski definition) is 4. The van der Waals surface area contributed by atoms with Gasteiger partial charge in [-0.1, -0.05) is 29.3 Å². The predicted molar refractivity (Wildman–Crippen MR) is 85.2 cm³/mol. The lowest BCUT2D eigenvalue weighted by Crippen LogP contribution is -1.97. The number of nitrogens with zero attached hydrogens (tertiary/aromatic N) is 1. The van der Waals surface area contributed by atoms with Crippen LogP contribution in [-0.4, -0.2) is 4.92 Å². The molecule has 8 heteroatoms. The standard InChI is InChI=1S/C13H9BrCl2N2O3/c14-9-3-7(6-17)1-2-12(9)21-13-10(15)4-8(18(19)20)5-11(13)16/h1-5H,6,17H2. The summed E-state index contributed by atoms with van der Waals surface area (Å²) >= 11 is 15.3. The fourth-order valence-electron chi connectivity index (χ4n) is 1.61. The molecule has 0 amide bonds. The van der Waals surface area contributed by atoms with Crippen molar-refractivity contribution in [1.29, 1.82) is 0 Å². The Morgan fingerprint density at radius 2 is 1.86 bits per heavy atom. The smallest absolute Gasteiger partial charge is 0.272 e. The van der Waals surface area contributed by atoms with Crippen molar-refractivity contribution in [3.05, 3.63) is 60.5 Å². The lowest BCUT2D eigenvalue weighted by molar-refractivity contribution is -0.384. The van der Waals surface area contributed by atoms with E-state index in [-0.39, 0.29) is 21.5 Å². The van der Waals surface area contributed by atoms with E-state index >= 15 is 0 Å². The third-order valence-electron chi connectivity index (χ3n) is 2.64. The highest BCUT2D eigenvalue weighted by molar-refractivity contribution is 9.10. The lowest BCUT2D eigenvalue weighted by atomic mass is 10.2. The molecule has 0 saturated heterocycles. The maximum atomic E-state index is 10.7. The first-order valence-corrected chi connectivity index (χ1v) is 7.27. The molecule has 0 unspecified atom stereocenters. The van der Waals surface area contributed by atoms with Crippen LogP contribution in [0.1, 0.15) is 5.56 Å². The number of non-ortho nitro benzene ring substituents is 1. The fraction of sp³-hybridized carbons (Fsp3) is 0.0769. The zero-order valence-corrected chi connectivity index (χ0v) is 13.6. The molecule has 110 valence electrons. The monoisotopic (exact) mass is 390 g/mol. The number of nitro groups is 1. The molecule has 0 radical (unpaired) electrons. The predicted octanol–water partition coefficient (Wildman–Crippen LogP) is 4.92. The molecular weight excluding hydrogens is 383 g/mol. The topological polar surface area (TPSA) is 78.4 Å². The van der Waals surface area contributed by atoms with Gasteiger partial charge in [-0.15, -0.1) is 0 Å². The average Bonchev–Trinajstić information content (AvgIpc) is 2.43. The maximum Gasteiger partial charge on any atom is 0.272 e. The summed E-state index contributed by atoms with van der Waals surface area (Å²) in [5.41, 5.74) is 6.27. The van der Waals surface area contributed by atoms with E-state index in [0.717, 1.165) is 5.56 Å². The average molecular weight is 392 g/mol. The van der Waals surface area contributed by atoms with E-state index in [1.165, 1.54) is 12.1 Å². The number of rotatable bonds is 4. The first-order valence-electron chi connectivity index (χ1n) is 5.72. The Labute approximate surface area is 138 Å². The molecule has 2 rings (SSSR count). The number of halogens is 3. The highest BCUT2D eigenvalue weighted by atomic mass is 79.9. The largest absolute Gasteiger partial charge is 0.453 e. The van der Waals surface area contributed by atoms with Gasteiger partial charge in [0, 0.05) is 18.7 Å². The van der Waals surface area contributed by atoms with Gasteiger partial charge in [0.1, 0.15) is 5.75 Å². The highest BCUT2D eigenvalue weighted by Gasteiger charge is 2.17. The van der Waals surface area contributed by atoms with Crippen LogP contribution in [0.15, 0.2) is 34.8 Å². The number of nitro benzene ring substituents is 1. The summed E-state index contributed by atoms with van der Waals surface area (Å²) < 4.78 is 6.31. The molecule has 0 fully saturated rings. The molecule has 0 aromatic heterocycles. The highest BCUT2D eigenvalue weighted by Crippen LogP contribution is 2.41. The van der Waals surface area contributed by atoms with Crippen molar-refractivity contribution in [1.82, 2.24) is 0 Å². The van der Waals surface area contributed by atoms with Crippen molar-refractivity contribution < 1.29 is 9.66 Å². The van der Waals surface area contributed by atoms with Gasteiger partial charge in [0.15, 0.2) is 5.75 Å². The molecule has 21 heavy (non-hydrogen) atoms. The number of hydrogen-bond donors (Lipinski definition) is 1. The van der Waals surface area contributed by atoms with E-state index in [0.29, 0.717) is 16.8 Å². The van der Waals surface area contributed by atoms with Gasteiger partial charge < -0.3 is 10.5 Å². The summed E-state index contributed by atoms with van der Waals surface area (Å²) in [5, 5.41) is 10.8. The summed E-state index contributed by atoms with van der Waals surface area (Å²) in [7, 11) is 0. The number of benzene rings is 2. The zero-order chi connectivity index (χ0) is 15.6. The van der Waals surface area contributed by atoms with E-state index in [2.05, 4.69) is 15.9 Å². The summed E-state index contributed by atoms with van der Waals surface area (Å²) in [5.74, 6) is 0.634. The molecule has 0 heterocycles. The van der Waals surface area contributed by atoms with E-state index < -0.39 is 4.92 Å². The minimum Gasteiger partial charge on any atom is -0.453 e. The van der Waals surface area contributed by atoms with Gasteiger partial charge in [0.25, 0.3) is 5.69 Å². The maximum absolute atomic E-state index is 10.7. The Hall–Kier alpha value is -1.34. The van der Waals surface area contributed by atoms with Crippen LogP contribution in [0.25, 0.3) is 0 Å².